The van der Waals surface area contributed by atoms with Crippen LogP contribution in [0.2, 0.25) is 0 Å². The quantitative estimate of drug-likeness (QED) is 0.620. The predicted molar refractivity (Wildman–Crippen MR) is 110 cm³/mol. The van der Waals surface area contributed by atoms with Crippen LogP contribution >= 0.6 is 0 Å². The Morgan fingerprint density at radius 2 is 1.87 bits per heavy atom. The summed E-state index contributed by atoms with van der Waals surface area (Å²) in [5.41, 5.74) is 0.753. The molecule has 1 aromatic carbocycles. The van der Waals surface area contributed by atoms with Crippen molar-refractivity contribution < 1.29 is 29.0 Å². The fourth-order valence-corrected chi connectivity index (χ4v) is 3.32. The Morgan fingerprint density at radius 1 is 1.20 bits per heavy atom. The van der Waals surface area contributed by atoms with Gasteiger partial charge in [-0.25, -0.2) is 0 Å². The third kappa shape index (κ3) is 5.58. The van der Waals surface area contributed by atoms with Gasteiger partial charge in [0.15, 0.2) is 11.5 Å². The van der Waals surface area contributed by atoms with Crippen LogP contribution in [0, 0.1) is 0 Å². The second-order valence-corrected chi connectivity index (χ2v) is 7.86. The molecule has 1 unspecified atom stereocenters. The first-order chi connectivity index (χ1) is 14.3. The van der Waals surface area contributed by atoms with Crippen molar-refractivity contribution in [2.24, 2.45) is 0 Å². The number of benzene rings is 1. The minimum absolute atomic E-state index is 0.161. The molecule has 0 radical (unpaired) electrons. The van der Waals surface area contributed by atoms with Crippen molar-refractivity contribution in [3.63, 3.8) is 0 Å². The van der Waals surface area contributed by atoms with Gasteiger partial charge in [-0.3, -0.25) is 14.4 Å². The molecule has 3 rings (SSSR count). The Bertz CT molecular complexity index is 828. The first kappa shape index (κ1) is 21.8. The minimum Gasteiger partial charge on any atom is -0.482 e. The molecule has 0 aliphatic carbocycles. The maximum Gasteiger partial charge on any atom is 0.287 e. The lowest BCUT2D eigenvalue weighted by molar-refractivity contribution is -0.133. The SMILES string of the molecule is CC1(C)CC(=O)C=C(C(=O)NC(CO)C(=O)Nc2ccc(N3CCOCC3)cc2)O1. The molecule has 2 heterocycles. The Hall–Kier alpha value is -2.91. The number of hydrogen-bond donors (Lipinski definition) is 3. The molecule has 1 saturated heterocycles. The number of morpholine rings is 1. The standard InChI is InChI=1S/C21H27N3O6/c1-21(2)12-16(26)11-18(30-21)20(28)23-17(13-25)19(27)22-14-3-5-15(6-4-14)24-7-9-29-10-8-24/h3-6,11,17,25H,7-10,12-13H2,1-2H3,(H,22,27)(H,23,28). The molecule has 9 heteroatoms. The number of nitrogens with one attached hydrogen (secondary N) is 2. The number of aliphatic hydroxyl groups excluding tert-OH is 1. The zero-order valence-electron chi connectivity index (χ0n) is 17.1. The van der Waals surface area contributed by atoms with E-state index in [2.05, 4.69) is 15.5 Å². The normalized spacial score (nSPS) is 19.4. The molecule has 0 saturated carbocycles. The molecule has 1 aromatic rings. The van der Waals surface area contributed by atoms with Crippen molar-refractivity contribution in [1.82, 2.24) is 5.32 Å². The number of aliphatic hydroxyl groups is 1. The molecule has 3 N–H and O–H groups in total. The zero-order valence-corrected chi connectivity index (χ0v) is 17.1. The second kappa shape index (κ2) is 9.27. The molecule has 0 aromatic heterocycles. The molecular formula is C21H27N3O6. The summed E-state index contributed by atoms with van der Waals surface area (Å²) in [5, 5.41) is 14.7. The minimum atomic E-state index is -1.19. The number of rotatable bonds is 6. The van der Waals surface area contributed by atoms with E-state index in [-0.39, 0.29) is 18.0 Å². The summed E-state index contributed by atoms with van der Waals surface area (Å²) < 4.78 is 10.9. The van der Waals surface area contributed by atoms with E-state index < -0.39 is 30.1 Å². The molecule has 2 aliphatic heterocycles. The van der Waals surface area contributed by atoms with E-state index in [9.17, 15) is 19.5 Å². The van der Waals surface area contributed by atoms with Crippen molar-refractivity contribution in [3.8, 4) is 0 Å². The lowest BCUT2D eigenvalue weighted by atomic mass is 9.98. The van der Waals surface area contributed by atoms with Crippen LogP contribution in [0.3, 0.4) is 0 Å². The highest BCUT2D eigenvalue weighted by Crippen LogP contribution is 2.24. The van der Waals surface area contributed by atoms with Crippen LogP contribution < -0.4 is 15.5 Å². The number of hydrogen-bond acceptors (Lipinski definition) is 7. The number of allylic oxidation sites excluding steroid dienone is 1. The van der Waals surface area contributed by atoms with Crippen LogP contribution in [-0.2, 0) is 23.9 Å². The Morgan fingerprint density at radius 3 is 2.47 bits per heavy atom. The van der Waals surface area contributed by atoms with E-state index in [1.165, 1.54) is 0 Å². The molecule has 9 nitrogen and oxygen atoms in total. The maximum absolute atomic E-state index is 12.5. The molecule has 162 valence electrons. The van der Waals surface area contributed by atoms with E-state index in [4.69, 9.17) is 9.47 Å². The lowest BCUT2D eigenvalue weighted by Gasteiger charge is -2.30. The van der Waals surface area contributed by atoms with Gasteiger partial charge in [0.05, 0.1) is 19.8 Å². The van der Waals surface area contributed by atoms with Gasteiger partial charge < -0.3 is 30.1 Å². The van der Waals surface area contributed by atoms with Gasteiger partial charge in [0.25, 0.3) is 5.91 Å². The van der Waals surface area contributed by atoms with Gasteiger partial charge in [0.2, 0.25) is 5.91 Å². The van der Waals surface area contributed by atoms with Gasteiger partial charge in [-0.1, -0.05) is 0 Å². The summed E-state index contributed by atoms with van der Waals surface area (Å²) in [6, 6.07) is 6.10. The lowest BCUT2D eigenvalue weighted by Crippen LogP contribution is -2.48. The van der Waals surface area contributed by atoms with Crippen molar-refractivity contribution >= 4 is 29.0 Å². The van der Waals surface area contributed by atoms with Gasteiger partial charge in [0, 0.05) is 37.0 Å². The topological polar surface area (TPSA) is 117 Å². The first-order valence-electron chi connectivity index (χ1n) is 9.86. The van der Waals surface area contributed by atoms with Crippen molar-refractivity contribution in [3.05, 3.63) is 36.1 Å². The monoisotopic (exact) mass is 417 g/mol. The zero-order chi connectivity index (χ0) is 21.7. The fourth-order valence-electron chi connectivity index (χ4n) is 3.32. The van der Waals surface area contributed by atoms with Gasteiger partial charge in [-0.05, 0) is 38.1 Å². The van der Waals surface area contributed by atoms with E-state index >= 15 is 0 Å². The van der Waals surface area contributed by atoms with Gasteiger partial charge in [-0.2, -0.15) is 0 Å². The largest absolute Gasteiger partial charge is 0.482 e. The van der Waals surface area contributed by atoms with Crippen LogP contribution in [0.1, 0.15) is 20.3 Å². The number of anilines is 2. The smallest absolute Gasteiger partial charge is 0.287 e. The highest BCUT2D eigenvalue weighted by Gasteiger charge is 2.33. The molecular weight excluding hydrogens is 390 g/mol. The van der Waals surface area contributed by atoms with Crippen LogP contribution in [0.4, 0.5) is 11.4 Å². The summed E-state index contributed by atoms with van der Waals surface area (Å²) in [7, 11) is 0. The Balaban J connectivity index is 1.59. The predicted octanol–water partition coefficient (Wildman–Crippen LogP) is 0.591. The second-order valence-electron chi connectivity index (χ2n) is 7.86. The van der Waals surface area contributed by atoms with Crippen LogP contribution in [-0.4, -0.2) is 67.3 Å². The third-order valence-corrected chi connectivity index (χ3v) is 4.82. The van der Waals surface area contributed by atoms with Crippen molar-refractivity contribution in [2.75, 3.05) is 43.1 Å². The molecule has 1 fully saturated rings. The molecule has 0 spiro atoms. The fraction of sp³-hybridized carbons (Fsp3) is 0.476. The van der Waals surface area contributed by atoms with E-state index in [1.54, 1.807) is 26.0 Å². The van der Waals surface area contributed by atoms with E-state index in [1.807, 2.05) is 12.1 Å². The van der Waals surface area contributed by atoms with Crippen LogP contribution in [0.25, 0.3) is 0 Å². The van der Waals surface area contributed by atoms with Gasteiger partial charge in [-0.15, -0.1) is 0 Å². The molecule has 2 amide bonds. The average molecular weight is 417 g/mol. The number of carbonyl (C=O) groups is 3. The molecule has 30 heavy (non-hydrogen) atoms. The summed E-state index contributed by atoms with van der Waals surface area (Å²) in [6.45, 7) is 5.76. The third-order valence-electron chi connectivity index (χ3n) is 4.82. The number of nitrogens with zero attached hydrogens (tertiary/aromatic N) is 1. The van der Waals surface area contributed by atoms with Gasteiger partial charge in [0.1, 0.15) is 11.6 Å². The van der Waals surface area contributed by atoms with E-state index in [0.29, 0.717) is 18.9 Å². The average Bonchev–Trinajstić information content (AvgIpc) is 2.71. The highest BCUT2D eigenvalue weighted by molar-refractivity contribution is 6.04. The molecule has 0 bridgehead atoms. The molecule has 2 aliphatic rings. The maximum atomic E-state index is 12.5. The Labute approximate surface area is 175 Å². The summed E-state index contributed by atoms with van der Waals surface area (Å²) in [5.74, 6) is -1.71. The first-order valence-corrected chi connectivity index (χ1v) is 9.86. The summed E-state index contributed by atoms with van der Waals surface area (Å²) in [6.07, 6.45) is 1.27. The Kier molecular flexibility index (Phi) is 6.73. The number of ketones is 1. The summed E-state index contributed by atoms with van der Waals surface area (Å²) >= 11 is 0. The summed E-state index contributed by atoms with van der Waals surface area (Å²) in [4.78, 5) is 38.9. The number of amides is 2. The van der Waals surface area contributed by atoms with E-state index in [0.717, 1.165) is 24.9 Å². The van der Waals surface area contributed by atoms with Crippen molar-refractivity contribution in [2.45, 2.75) is 31.9 Å². The molecule has 1 atom stereocenters. The van der Waals surface area contributed by atoms with Crippen LogP contribution in [0.5, 0.6) is 0 Å². The van der Waals surface area contributed by atoms with Crippen LogP contribution in [0.15, 0.2) is 36.1 Å². The van der Waals surface area contributed by atoms with Gasteiger partial charge >= 0.3 is 0 Å². The number of carbonyl (C=O) groups excluding carboxylic acids is 3. The van der Waals surface area contributed by atoms with Crippen molar-refractivity contribution in [1.29, 1.82) is 0 Å². The highest BCUT2D eigenvalue weighted by atomic mass is 16.5. The number of ether oxygens (including phenoxy) is 2.